The van der Waals surface area contributed by atoms with E-state index in [1.165, 1.54) is 58.5 Å². The number of hydrogen-bond donors (Lipinski definition) is 0. The Morgan fingerprint density at radius 3 is 1.65 bits per heavy atom. The molecule has 3 aromatic heterocycles. The van der Waals surface area contributed by atoms with Gasteiger partial charge in [0, 0.05) is 53.3 Å². The topological polar surface area (TPSA) is 43.6 Å². The molecule has 0 aliphatic heterocycles. The summed E-state index contributed by atoms with van der Waals surface area (Å²) in [5.74, 6) is 1.99. The van der Waals surface area contributed by atoms with Crippen LogP contribution in [-0.2, 0) is 0 Å². The molecule has 0 atom stereocenters. The highest BCUT2D eigenvalue weighted by atomic mass is 32.1. The van der Waals surface area contributed by atoms with Crippen molar-refractivity contribution in [2.45, 2.75) is 0 Å². The van der Waals surface area contributed by atoms with Crippen molar-refractivity contribution in [3.05, 3.63) is 182 Å². The van der Waals surface area contributed by atoms with Crippen molar-refractivity contribution in [2.24, 2.45) is 0 Å². The molecule has 0 radical (unpaired) electrons. The van der Waals surface area contributed by atoms with E-state index >= 15 is 0 Å². The summed E-state index contributed by atoms with van der Waals surface area (Å²) < 4.78 is 4.85. The van der Waals surface area contributed by atoms with Crippen molar-refractivity contribution in [3.63, 3.8) is 0 Å². The number of aromatic nitrogens is 4. The van der Waals surface area contributed by atoms with E-state index in [9.17, 15) is 0 Å². The summed E-state index contributed by atoms with van der Waals surface area (Å²) in [6.45, 7) is 0. The van der Waals surface area contributed by atoms with Crippen LogP contribution in [0.25, 0.3) is 104 Å². The van der Waals surface area contributed by atoms with Gasteiger partial charge in [0.15, 0.2) is 17.5 Å². The molecule has 0 saturated heterocycles. The van der Waals surface area contributed by atoms with Crippen molar-refractivity contribution < 1.29 is 0 Å². The fourth-order valence-electron chi connectivity index (χ4n) is 8.03. The van der Waals surface area contributed by atoms with Crippen LogP contribution in [0.1, 0.15) is 0 Å². The Kier molecular flexibility index (Phi) is 7.00. The Balaban J connectivity index is 1.14. The molecule has 11 aromatic rings. The number of hydrogen-bond acceptors (Lipinski definition) is 4. The van der Waals surface area contributed by atoms with Gasteiger partial charge in [-0.25, -0.2) is 15.0 Å². The summed E-state index contributed by atoms with van der Waals surface area (Å²) in [6.07, 6.45) is 0. The van der Waals surface area contributed by atoms with Crippen LogP contribution >= 0.6 is 11.3 Å². The van der Waals surface area contributed by atoms with Gasteiger partial charge in [-0.15, -0.1) is 11.3 Å². The average Bonchev–Trinajstić information content (AvgIpc) is 3.79. The number of thiophene rings is 1. The minimum atomic E-state index is 0.659. The van der Waals surface area contributed by atoms with Crippen LogP contribution in [0, 0.1) is 0 Å². The molecular weight excluding hydrogens is 677 g/mol. The van der Waals surface area contributed by atoms with E-state index in [0.717, 1.165) is 27.8 Å². The van der Waals surface area contributed by atoms with Crippen molar-refractivity contribution in [1.29, 1.82) is 0 Å². The van der Waals surface area contributed by atoms with Crippen molar-refractivity contribution >= 4 is 64.1 Å². The molecule has 0 N–H and O–H groups in total. The lowest BCUT2D eigenvalue weighted by Gasteiger charge is -2.12. The first-order valence-electron chi connectivity index (χ1n) is 18.1. The molecule has 0 saturated carbocycles. The van der Waals surface area contributed by atoms with Crippen molar-refractivity contribution in [1.82, 2.24) is 19.5 Å². The smallest absolute Gasteiger partial charge is 0.164 e. The minimum absolute atomic E-state index is 0.659. The Morgan fingerprint density at radius 1 is 0.352 bits per heavy atom. The molecule has 252 valence electrons. The Hall–Kier alpha value is -6.95. The van der Waals surface area contributed by atoms with Crippen LogP contribution in [0.3, 0.4) is 0 Å². The van der Waals surface area contributed by atoms with E-state index in [1.807, 2.05) is 47.7 Å². The van der Waals surface area contributed by atoms with E-state index in [0.29, 0.717) is 17.5 Å². The van der Waals surface area contributed by atoms with E-state index in [4.69, 9.17) is 15.0 Å². The number of para-hydroxylation sites is 1. The third-order valence-corrected chi connectivity index (χ3v) is 11.6. The van der Waals surface area contributed by atoms with E-state index in [-0.39, 0.29) is 0 Å². The second-order valence-electron chi connectivity index (χ2n) is 13.6. The van der Waals surface area contributed by atoms with Gasteiger partial charge in [-0.05, 0) is 52.2 Å². The third kappa shape index (κ3) is 4.86. The Morgan fingerprint density at radius 2 is 0.944 bits per heavy atom. The molecule has 0 spiro atoms. The van der Waals surface area contributed by atoms with Crippen LogP contribution in [0.15, 0.2) is 182 Å². The highest BCUT2D eigenvalue weighted by Gasteiger charge is 2.20. The number of nitrogens with zero attached hydrogens (tertiary/aromatic N) is 4. The van der Waals surface area contributed by atoms with Crippen LogP contribution in [0.2, 0.25) is 0 Å². The van der Waals surface area contributed by atoms with Gasteiger partial charge in [-0.1, -0.05) is 152 Å². The summed E-state index contributed by atoms with van der Waals surface area (Å²) in [5, 5.41) is 7.40. The zero-order chi connectivity index (χ0) is 35.6. The van der Waals surface area contributed by atoms with Crippen LogP contribution in [-0.4, -0.2) is 19.5 Å². The largest absolute Gasteiger partial charge is 0.309 e. The van der Waals surface area contributed by atoms with Gasteiger partial charge >= 0.3 is 0 Å². The first kappa shape index (κ1) is 30.7. The quantitative estimate of drug-likeness (QED) is 0.179. The fraction of sp³-hybridized carbons (Fsp3) is 0. The molecule has 11 rings (SSSR count). The molecular formula is C49H30N4S. The van der Waals surface area contributed by atoms with Crippen molar-refractivity contribution in [3.8, 4) is 51.0 Å². The molecule has 0 amide bonds. The maximum atomic E-state index is 5.10. The fourth-order valence-corrected chi connectivity index (χ4v) is 9.20. The van der Waals surface area contributed by atoms with E-state index in [2.05, 4.69) is 150 Å². The minimum Gasteiger partial charge on any atom is -0.309 e. The third-order valence-electron chi connectivity index (χ3n) is 10.4. The molecule has 8 aromatic carbocycles. The molecule has 0 fully saturated rings. The Bertz CT molecular complexity index is 3140. The highest BCUT2D eigenvalue weighted by molar-refractivity contribution is 7.26. The van der Waals surface area contributed by atoms with Crippen LogP contribution in [0.5, 0.6) is 0 Å². The molecule has 0 aliphatic rings. The first-order chi connectivity index (χ1) is 26.8. The lowest BCUT2D eigenvalue weighted by Crippen LogP contribution is -2.00. The molecule has 54 heavy (non-hydrogen) atoms. The SMILES string of the molecule is c1ccc(-c2nc(-c3ccccc3)nc(-c3cccc4sc5cc(-n6c7ccccc7c7c8ccccc8c(-c8ccccc8)cc76)ccc5c34)n2)cc1. The van der Waals surface area contributed by atoms with E-state index in [1.54, 1.807) is 0 Å². The molecule has 5 heteroatoms. The van der Waals surface area contributed by atoms with Gasteiger partial charge in [-0.2, -0.15) is 0 Å². The molecule has 0 unspecified atom stereocenters. The predicted octanol–water partition coefficient (Wildman–Crippen LogP) is 13.2. The summed E-state index contributed by atoms with van der Waals surface area (Å²) in [7, 11) is 0. The Labute approximate surface area is 315 Å². The van der Waals surface area contributed by atoms with Gasteiger partial charge in [0.1, 0.15) is 0 Å². The van der Waals surface area contributed by atoms with Gasteiger partial charge in [-0.3, -0.25) is 0 Å². The predicted molar refractivity (Wildman–Crippen MR) is 226 cm³/mol. The van der Waals surface area contributed by atoms with Gasteiger partial charge in [0.05, 0.1) is 11.0 Å². The number of fused-ring (bicyclic) bond motifs is 8. The summed E-state index contributed by atoms with van der Waals surface area (Å²) in [5.41, 5.74) is 8.88. The monoisotopic (exact) mass is 706 g/mol. The van der Waals surface area contributed by atoms with Crippen LogP contribution in [0.4, 0.5) is 0 Å². The lowest BCUT2D eigenvalue weighted by atomic mass is 9.95. The van der Waals surface area contributed by atoms with Crippen molar-refractivity contribution in [2.75, 3.05) is 0 Å². The molecule has 0 aliphatic carbocycles. The summed E-state index contributed by atoms with van der Waals surface area (Å²) in [4.78, 5) is 15.1. The normalized spacial score (nSPS) is 11.7. The van der Waals surface area contributed by atoms with Gasteiger partial charge in [0.25, 0.3) is 0 Å². The zero-order valence-corrected chi connectivity index (χ0v) is 29.8. The van der Waals surface area contributed by atoms with Gasteiger partial charge in [0.2, 0.25) is 0 Å². The summed E-state index contributed by atoms with van der Waals surface area (Å²) in [6, 6.07) is 64.4. The number of benzene rings is 8. The lowest BCUT2D eigenvalue weighted by molar-refractivity contribution is 1.08. The highest BCUT2D eigenvalue weighted by Crippen LogP contribution is 2.44. The number of rotatable bonds is 5. The van der Waals surface area contributed by atoms with Gasteiger partial charge < -0.3 is 4.57 Å². The second-order valence-corrected chi connectivity index (χ2v) is 14.7. The summed E-state index contributed by atoms with van der Waals surface area (Å²) >= 11 is 1.81. The molecule has 4 nitrogen and oxygen atoms in total. The van der Waals surface area contributed by atoms with E-state index < -0.39 is 0 Å². The maximum Gasteiger partial charge on any atom is 0.164 e. The first-order valence-corrected chi connectivity index (χ1v) is 18.9. The van der Waals surface area contributed by atoms with Crippen LogP contribution < -0.4 is 0 Å². The second kappa shape index (κ2) is 12.3. The molecule has 3 heterocycles. The standard InChI is InChI=1S/C49H30N4S/c1-4-15-31(16-5-1)40-30-42-45(36-22-11-10-21-35(36)40)37-23-12-13-25-41(37)53(42)34-27-28-38-44(29-34)54-43-26-14-24-39(46(38)43)49-51-47(32-17-6-2-7-18-32)50-48(52-49)33-19-8-3-9-20-33/h1-30H. The molecule has 0 bridgehead atoms. The average molecular weight is 707 g/mol. The zero-order valence-electron chi connectivity index (χ0n) is 29.0. The maximum absolute atomic E-state index is 5.10.